The molecule has 18 heavy (non-hydrogen) atoms. The third-order valence-electron chi connectivity index (χ3n) is 2.54. The van der Waals surface area contributed by atoms with Crippen molar-refractivity contribution in [1.82, 2.24) is 15.6 Å². The van der Waals surface area contributed by atoms with Crippen molar-refractivity contribution in [1.29, 1.82) is 0 Å². The molecule has 3 N–H and O–H groups in total. The Morgan fingerprint density at radius 2 is 1.89 bits per heavy atom. The number of aromatic nitrogens is 2. The molecule has 0 saturated carbocycles. The lowest BCUT2D eigenvalue weighted by molar-refractivity contribution is 0.390. The Morgan fingerprint density at radius 3 is 2.39 bits per heavy atom. The van der Waals surface area contributed by atoms with Gasteiger partial charge in [-0.1, -0.05) is 23.7 Å². The summed E-state index contributed by atoms with van der Waals surface area (Å²) >= 11 is 5.85. The van der Waals surface area contributed by atoms with E-state index in [2.05, 4.69) is 15.6 Å². The molecular formula is C12H13ClN4O. The van der Waals surface area contributed by atoms with Gasteiger partial charge in [-0.25, -0.2) is 5.43 Å². The van der Waals surface area contributed by atoms with Gasteiger partial charge in [-0.3, -0.25) is 5.84 Å². The molecule has 1 aromatic carbocycles. The van der Waals surface area contributed by atoms with E-state index < -0.39 is 0 Å². The summed E-state index contributed by atoms with van der Waals surface area (Å²) in [7, 11) is 1.54. The first kappa shape index (κ1) is 12.8. The highest BCUT2D eigenvalue weighted by Crippen LogP contribution is 2.21. The Bertz CT molecular complexity index is 500. The number of hydrogen-bond donors (Lipinski definition) is 2. The highest BCUT2D eigenvalue weighted by Gasteiger charge is 2.14. The van der Waals surface area contributed by atoms with Crippen LogP contribution < -0.4 is 16.0 Å². The van der Waals surface area contributed by atoms with E-state index in [0.717, 1.165) is 5.56 Å². The number of rotatable bonds is 4. The lowest BCUT2D eigenvalue weighted by atomic mass is 10.0. The molecule has 1 heterocycles. The maximum absolute atomic E-state index is 5.85. The fourth-order valence-corrected chi connectivity index (χ4v) is 1.73. The van der Waals surface area contributed by atoms with Crippen molar-refractivity contribution >= 4 is 11.6 Å². The quantitative estimate of drug-likeness (QED) is 0.649. The Labute approximate surface area is 110 Å². The summed E-state index contributed by atoms with van der Waals surface area (Å²) in [6.45, 7) is 0. The summed E-state index contributed by atoms with van der Waals surface area (Å²) in [4.78, 5) is 0. The van der Waals surface area contributed by atoms with Crippen molar-refractivity contribution in [2.45, 2.75) is 6.04 Å². The van der Waals surface area contributed by atoms with E-state index >= 15 is 0 Å². The summed E-state index contributed by atoms with van der Waals surface area (Å²) in [6, 6.07) is 10.7. The second kappa shape index (κ2) is 5.77. The van der Waals surface area contributed by atoms with Crippen LogP contribution in [0.1, 0.15) is 17.3 Å². The molecule has 1 unspecified atom stereocenters. The van der Waals surface area contributed by atoms with Crippen LogP contribution in [0.4, 0.5) is 0 Å². The highest BCUT2D eigenvalue weighted by atomic mass is 35.5. The average molecular weight is 265 g/mol. The zero-order valence-electron chi connectivity index (χ0n) is 9.80. The molecule has 0 aliphatic heterocycles. The van der Waals surface area contributed by atoms with Gasteiger partial charge < -0.3 is 4.74 Å². The largest absolute Gasteiger partial charge is 0.480 e. The van der Waals surface area contributed by atoms with Gasteiger partial charge in [0.25, 0.3) is 0 Å². The number of hydrazine groups is 1. The van der Waals surface area contributed by atoms with Gasteiger partial charge in [0, 0.05) is 11.1 Å². The van der Waals surface area contributed by atoms with Gasteiger partial charge in [0.1, 0.15) is 0 Å². The number of hydrogen-bond acceptors (Lipinski definition) is 5. The Kier molecular flexibility index (Phi) is 4.09. The van der Waals surface area contributed by atoms with E-state index in [9.17, 15) is 0 Å². The Balaban J connectivity index is 2.29. The van der Waals surface area contributed by atoms with Gasteiger partial charge in [-0.05, 0) is 23.8 Å². The molecule has 0 bridgehead atoms. The first-order chi connectivity index (χ1) is 8.74. The molecule has 1 aromatic heterocycles. The van der Waals surface area contributed by atoms with Crippen LogP contribution in [0.3, 0.4) is 0 Å². The van der Waals surface area contributed by atoms with E-state index in [1.165, 1.54) is 0 Å². The van der Waals surface area contributed by atoms with Gasteiger partial charge in [-0.2, -0.15) is 0 Å². The predicted molar refractivity (Wildman–Crippen MR) is 69.2 cm³/mol. The molecule has 5 nitrogen and oxygen atoms in total. The lowest BCUT2D eigenvalue weighted by Gasteiger charge is -2.15. The number of benzene rings is 1. The summed E-state index contributed by atoms with van der Waals surface area (Å²) in [5.74, 6) is 6.03. The fourth-order valence-electron chi connectivity index (χ4n) is 1.60. The van der Waals surface area contributed by atoms with Crippen molar-refractivity contribution < 1.29 is 4.74 Å². The van der Waals surface area contributed by atoms with Crippen LogP contribution in [0.15, 0.2) is 36.4 Å². The SMILES string of the molecule is COc1ccc(C(NN)c2ccc(Cl)cc2)nn1. The second-order valence-electron chi connectivity index (χ2n) is 3.65. The predicted octanol–water partition coefficient (Wildman–Crippen LogP) is 1.69. The first-order valence-electron chi connectivity index (χ1n) is 5.34. The van der Waals surface area contributed by atoms with Crippen molar-refractivity contribution in [2.24, 2.45) is 5.84 Å². The Morgan fingerprint density at radius 1 is 1.17 bits per heavy atom. The molecule has 1 atom stereocenters. The van der Waals surface area contributed by atoms with Crippen LogP contribution in [0.25, 0.3) is 0 Å². The molecule has 0 spiro atoms. The van der Waals surface area contributed by atoms with Gasteiger partial charge in [-0.15, -0.1) is 10.2 Å². The molecule has 0 saturated heterocycles. The van der Waals surface area contributed by atoms with Crippen molar-refractivity contribution in [3.8, 4) is 5.88 Å². The van der Waals surface area contributed by atoms with Gasteiger partial charge in [0.15, 0.2) is 0 Å². The molecule has 6 heteroatoms. The van der Waals surface area contributed by atoms with E-state index in [-0.39, 0.29) is 6.04 Å². The topological polar surface area (TPSA) is 73.1 Å². The van der Waals surface area contributed by atoms with E-state index in [1.807, 2.05) is 18.2 Å². The smallest absolute Gasteiger partial charge is 0.233 e. The molecule has 0 aliphatic rings. The third-order valence-corrected chi connectivity index (χ3v) is 2.79. The number of methoxy groups -OCH3 is 1. The Hall–Kier alpha value is -1.69. The van der Waals surface area contributed by atoms with Crippen molar-refractivity contribution in [3.63, 3.8) is 0 Å². The molecule has 2 aromatic rings. The lowest BCUT2D eigenvalue weighted by Crippen LogP contribution is -2.29. The van der Waals surface area contributed by atoms with E-state index in [1.54, 1.807) is 25.3 Å². The van der Waals surface area contributed by atoms with Crippen LogP contribution in [-0.2, 0) is 0 Å². The first-order valence-corrected chi connectivity index (χ1v) is 5.71. The van der Waals surface area contributed by atoms with Gasteiger partial charge in [0.2, 0.25) is 5.88 Å². The summed E-state index contributed by atoms with van der Waals surface area (Å²) < 4.78 is 4.96. The van der Waals surface area contributed by atoms with Crippen LogP contribution in [0, 0.1) is 0 Å². The van der Waals surface area contributed by atoms with E-state index in [0.29, 0.717) is 16.6 Å². The fraction of sp³-hybridized carbons (Fsp3) is 0.167. The van der Waals surface area contributed by atoms with Crippen LogP contribution >= 0.6 is 11.6 Å². The monoisotopic (exact) mass is 264 g/mol. The second-order valence-corrected chi connectivity index (χ2v) is 4.09. The van der Waals surface area contributed by atoms with Crippen LogP contribution in [0.2, 0.25) is 5.02 Å². The average Bonchev–Trinajstić information content (AvgIpc) is 2.42. The van der Waals surface area contributed by atoms with Crippen LogP contribution in [-0.4, -0.2) is 17.3 Å². The minimum absolute atomic E-state index is 0.235. The zero-order valence-corrected chi connectivity index (χ0v) is 10.6. The van der Waals surface area contributed by atoms with Gasteiger partial charge >= 0.3 is 0 Å². The normalized spacial score (nSPS) is 12.2. The summed E-state index contributed by atoms with van der Waals surface area (Å²) in [5, 5.41) is 8.66. The molecule has 0 fully saturated rings. The third kappa shape index (κ3) is 2.76. The molecule has 2 rings (SSSR count). The molecular weight excluding hydrogens is 252 g/mol. The molecule has 0 aliphatic carbocycles. The molecule has 0 radical (unpaired) electrons. The standard InChI is InChI=1S/C12H13ClN4O/c1-18-11-7-6-10(16-17-11)12(15-14)8-2-4-9(13)5-3-8/h2-7,12,15H,14H2,1H3. The highest BCUT2D eigenvalue weighted by molar-refractivity contribution is 6.30. The summed E-state index contributed by atoms with van der Waals surface area (Å²) in [6.07, 6.45) is 0. The maximum atomic E-state index is 5.85. The zero-order chi connectivity index (χ0) is 13.0. The van der Waals surface area contributed by atoms with Crippen molar-refractivity contribution in [3.05, 3.63) is 52.7 Å². The molecule has 0 amide bonds. The summed E-state index contributed by atoms with van der Waals surface area (Å²) in [5.41, 5.74) is 4.37. The number of nitrogens with one attached hydrogen (secondary N) is 1. The minimum atomic E-state index is -0.235. The van der Waals surface area contributed by atoms with Gasteiger partial charge in [0.05, 0.1) is 18.8 Å². The number of nitrogens with two attached hydrogens (primary N) is 1. The van der Waals surface area contributed by atoms with Crippen LogP contribution in [0.5, 0.6) is 5.88 Å². The minimum Gasteiger partial charge on any atom is -0.480 e. The number of nitrogens with zero attached hydrogens (tertiary/aromatic N) is 2. The number of halogens is 1. The maximum Gasteiger partial charge on any atom is 0.233 e. The number of ether oxygens (including phenoxy) is 1. The molecule has 94 valence electrons. The van der Waals surface area contributed by atoms with E-state index in [4.69, 9.17) is 22.2 Å². The van der Waals surface area contributed by atoms with Crippen molar-refractivity contribution in [2.75, 3.05) is 7.11 Å².